The molecule has 0 saturated carbocycles. The van der Waals surface area contributed by atoms with Crippen LogP contribution >= 0.6 is 11.6 Å². The lowest BCUT2D eigenvalue weighted by Gasteiger charge is -2.01. The number of aromatic nitrogens is 3. The van der Waals surface area contributed by atoms with E-state index in [-0.39, 0.29) is 5.56 Å². The summed E-state index contributed by atoms with van der Waals surface area (Å²) in [5.74, 6) is -0.395. The number of fused-ring (bicyclic) bond motifs is 1. The lowest BCUT2D eigenvalue weighted by atomic mass is 10.1. The molecule has 0 saturated heterocycles. The van der Waals surface area contributed by atoms with Gasteiger partial charge in [-0.05, 0) is 18.2 Å². The first-order valence-corrected chi connectivity index (χ1v) is 5.87. The Bertz CT molecular complexity index is 782. The highest BCUT2D eigenvalue weighted by atomic mass is 35.5. The predicted octanol–water partition coefficient (Wildman–Crippen LogP) is 2.75. The zero-order chi connectivity index (χ0) is 13.4. The van der Waals surface area contributed by atoms with Crippen molar-refractivity contribution in [2.75, 3.05) is 0 Å². The number of carboxylic acids is 1. The summed E-state index contributed by atoms with van der Waals surface area (Å²) < 4.78 is 1.76. The van der Waals surface area contributed by atoms with Gasteiger partial charge in [0.05, 0.1) is 5.56 Å². The fraction of sp³-hybridized carbons (Fsp3) is 0. The number of hydrogen-bond acceptors (Lipinski definition) is 3. The van der Waals surface area contributed by atoms with Crippen LogP contribution in [0, 0.1) is 0 Å². The summed E-state index contributed by atoms with van der Waals surface area (Å²) in [5.41, 5.74) is 1.51. The molecule has 0 radical (unpaired) electrons. The van der Waals surface area contributed by atoms with Crippen LogP contribution in [0.15, 0.2) is 42.6 Å². The SMILES string of the molecule is O=C(O)c1cccc(-c2nnc3cc(Cl)ccn23)c1. The van der Waals surface area contributed by atoms with Gasteiger partial charge in [-0.1, -0.05) is 23.7 Å². The average molecular weight is 274 g/mol. The molecule has 19 heavy (non-hydrogen) atoms. The predicted molar refractivity (Wildman–Crippen MR) is 70.4 cm³/mol. The molecule has 3 rings (SSSR count). The molecule has 0 aliphatic heterocycles. The third-order valence-corrected chi connectivity index (χ3v) is 2.97. The lowest BCUT2D eigenvalue weighted by molar-refractivity contribution is 0.0697. The second kappa shape index (κ2) is 4.37. The zero-order valence-electron chi connectivity index (χ0n) is 9.62. The van der Waals surface area contributed by atoms with Crippen LogP contribution in [-0.2, 0) is 0 Å². The lowest BCUT2D eigenvalue weighted by Crippen LogP contribution is -1.97. The van der Waals surface area contributed by atoms with Crippen molar-refractivity contribution >= 4 is 23.2 Å². The van der Waals surface area contributed by atoms with E-state index in [9.17, 15) is 4.79 Å². The molecule has 0 unspecified atom stereocenters. The maximum absolute atomic E-state index is 11.0. The van der Waals surface area contributed by atoms with Crippen LogP contribution < -0.4 is 0 Å². The molecule has 0 atom stereocenters. The van der Waals surface area contributed by atoms with Gasteiger partial charge in [-0.15, -0.1) is 10.2 Å². The van der Waals surface area contributed by atoms with Gasteiger partial charge in [0, 0.05) is 22.8 Å². The molecule has 6 heteroatoms. The first-order chi connectivity index (χ1) is 9.15. The van der Waals surface area contributed by atoms with Crippen LogP contribution in [0.5, 0.6) is 0 Å². The van der Waals surface area contributed by atoms with E-state index >= 15 is 0 Å². The Balaban J connectivity index is 2.19. The van der Waals surface area contributed by atoms with Crippen molar-refractivity contribution in [3.63, 3.8) is 0 Å². The quantitative estimate of drug-likeness (QED) is 0.779. The summed E-state index contributed by atoms with van der Waals surface area (Å²) in [5, 5.41) is 17.7. The van der Waals surface area contributed by atoms with Gasteiger partial charge in [-0.25, -0.2) is 4.79 Å². The van der Waals surface area contributed by atoms with E-state index in [0.717, 1.165) is 0 Å². The molecule has 0 amide bonds. The van der Waals surface area contributed by atoms with Crippen molar-refractivity contribution in [1.29, 1.82) is 0 Å². The topological polar surface area (TPSA) is 67.5 Å². The maximum atomic E-state index is 11.0. The van der Waals surface area contributed by atoms with Crippen LogP contribution in [0.3, 0.4) is 0 Å². The van der Waals surface area contributed by atoms with E-state index in [0.29, 0.717) is 22.1 Å². The Labute approximate surface area is 113 Å². The summed E-state index contributed by atoms with van der Waals surface area (Å²) in [6.07, 6.45) is 1.75. The minimum atomic E-state index is -0.973. The Hall–Kier alpha value is -2.40. The van der Waals surface area contributed by atoms with Gasteiger partial charge in [0.2, 0.25) is 0 Å². The number of carboxylic acid groups (broad SMARTS) is 1. The Morgan fingerprint density at radius 2 is 2.05 bits per heavy atom. The van der Waals surface area contributed by atoms with Gasteiger partial charge in [-0.3, -0.25) is 4.40 Å². The minimum absolute atomic E-state index is 0.211. The maximum Gasteiger partial charge on any atom is 0.335 e. The second-order valence-electron chi connectivity index (χ2n) is 3.98. The van der Waals surface area contributed by atoms with Crippen molar-refractivity contribution in [3.8, 4) is 11.4 Å². The Kier molecular flexibility index (Phi) is 2.68. The van der Waals surface area contributed by atoms with E-state index in [1.807, 2.05) is 0 Å². The first kappa shape index (κ1) is 11.7. The molecule has 1 aromatic carbocycles. The molecule has 5 nitrogen and oxygen atoms in total. The minimum Gasteiger partial charge on any atom is -0.478 e. The average Bonchev–Trinajstić information content (AvgIpc) is 2.81. The number of nitrogens with zero attached hydrogens (tertiary/aromatic N) is 3. The monoisotopic (exact) mass is 273 g/mol. The van der Waals surface area contributed by atoms with E-state index in [2.05, 4.69) is 10.2 Å². The molecule has 0 aliphatic carbocycles. The molecular formula is C13H8ClN3O2. The molecule has 0 bridgehead atoms. The van der Waals surface area contributed by atoms with Gasteiger partial charge in [0.25, 0.3) is 0 Å². The van der Waals surface area contributed by atoms with Crippen LogP contribution in [0.1, 0.15) is 10.4 Å². The summed E-state index contributed by atoms with van der Waals surface area (Å²) in [6.45, 7) is 0. The summed E-state index contributed by atoms with van der Waals surface area (Å²) in [4.78, 5) is 11.0. The standard InChI is InChI=1S/C13H8ClN3O2/c14-10-4-5-17-11(7-10)15-16-12(17)8-2-1-3-9(6-8)13(18)19/h1-7H,(H,18,19). The molecule has 0 aliphatic rings. The highest BCUT2D eigenvalue weighted by Gasteiger charge is 2.10. The molecule has 1 N–H and O–H groups in total. The largest absolute Gasteiger partial charge is 0.478 e. The highest BCUT2D eigenvalue weighted by Crippen LogP contribution is 2.21. The number of halogens is 1. The number of rotatable bonds is 2. The smallest absolute Gasteiger partial charge is 0.335 e. The van der Waals surface area contributed by atoms with Gasteiger partial charge < -0.3 is 5.11 Å². The van der Waals surface area contributed by atoms with E-state index in [4.69, 9.17) is 16.7 Å². The molecule has 0 fully saturated rings. The van der Waals surface area contributed by atoms with Crippen molar-refractivity contribution in [2.45, 2.75) is 0 Å². The first-order valence-electron chi connectivity index (χ1n) is 5.49. The van der Waals surface area contributed by atoms with Crippen LogP contribution in [0.2, 0.25) is 5.02 Å². The van der Waals surface area contributed by atoms with Gasteiger partial charge >= 0.3 is 5.97 Å². The van der Waals surface area contributed by atoms with Crippen molar-refractivity contribution in [3.05, 3.63) is 53.2 Å². The molecular weight excluding hydrogens is 266 g/mol. The van der Waals surface area contributed by atoms with Crippen molar-refractivity contribution in [1.82, 2.24) is 14.6 Å². The molecule has 0 spiro atoms. The van der Waals surface area contributed by atoms with Crippen LogP contribution in [0.4, 0.5) is 0 Å². The van der Waals surface area contributed by atoms with Gasteiger partial charge in [0.15, 0.2) is 11.5 Å². The van der Waals surface area contributed by atoms with Crippen LogP contribution in [-0.4, -0.2) is 25.7 Å². The molecule has 2 heterocycles. The number of benzene rings is 1. The van der Waals surface area contributed by atoms with Gasteiger partial charge in [-0.2, -0.15) is 0 Å². The Morgan fingerprint density at radius 3 is 2.84 bits per heavy atom. The second-order valence-corrected chi connectivity index (χ2v) is 4.42. The van der Waals surface area contributed by atoms with Crippen molar-refractivity contribution < 1.29 is 9.90 Å². The van der Waals surface area contributed by atoms with Gasteiger partial charge in [0.1, 0.15) is 0 Å². The summed E-state index contributed by atoms with van der Waals surface area (Å²) in [6, 6.07) is 9.98. The van der Waals surface area contributed by atoms with Crippen LogP contribution in [0.25, 0.3) is 17.0 Å². The molecule has 2 aromatic heterocycles. The number of pyridine rings is 1. The van der Waals surface area contributed by atoms with E-state index in [1.54, 1.807) is 40.9 Å². The fourth-order valence-corrected chi connectivity index (χ4v) is 2.01. The number of aromatic carboxylic acids is 1. The van der Waals surface area contributed by atoms with E-state index in [1.165, 1.54) is 6.07 Å². The number of carbonyl (C=O) groups is 1. The normalized spacial score (nSPS) is 10.8. The number of hydrogen-bond donors (Lipinski definition) is 1. The third-order valence-electron chi connectivity index (χ3n) is 2.74. The highest BCUT2D eigenvalue weighted by molar-refractivity contribution is 6.30. The summed E-state index contributed by atoms with van der Waals surface area (Å²) >= 11 is 5.88. The third kappa shape index (κ3) is 2.04. The summed E-state index contributed by atoms with van der Waals surface area (Å²) in [7, 11) is 0. The molecule has 94 valence electrons. The zero-order valence-corrected chi connectivity index (χ0v) is 10.4. The van der Waals surface area contributed by atoms with Crippen molar-refractivity contribution in [2.24, 2.45) is 0 Å². The van der Waals surface area contributed by atoms with E-state index < -0.39 is 5.97 Å². The molecule has 3 aromatic rings. The Morgan fingerprint density at radius 1 is 1.21 bits per heavy atom. The fourth-order valence-electron chi connectivity index (χ4n) is 1.85.